The fourth-order valence-corrected chi connectivity index (χ4v) is 3.68. The highest BCUT2D eigenvalue weighted by Crippen LogP contribution is 2.40. The van der Waals surface area contributed by atoms with Crippen molar-refractivity contribution in [2.75, 3.05) is 0 Å². The summed E-state index contributed by atoms with van der Waals surface area (Å²) in [6.45, 7) is 6.24. The van der Waals surface area contributed by atoms with Crippen LogP contribution in [0.1, 0.15) is 60.6 Å². The number of oxazole rings is 1. The van der Waals surface area contributed by atoms with Gasteiger partial charge < -0.3 is 9.73 Å². The summed E-state index contributed by atoms with van der Waals surface area (Å²) in [7, 11) is 0. The summed E-state index contributed by atoms with van der Waals surface area (Å²) in [5.74, 6) is 1.49. The standard InChI is InChI=1S/C20H26N2O2/c1-14-8-7-9-17(12-14)20(10-5-4-6-11-20)19(23)21-13-18-22-15(2)16(3)24-18/h7-9,12H,4-6,10-11,13H2,1-3H3,(H,21,23). The molecule has 1 aromatic heterocycles. The number of amides is 1. The number of carbonyl (C=O) groups excluding carboxylic acids is 1. The minimum atomic E-state index is -0.416. The van der Waals surface area contributed by atoms with Gasteiger partial charge in [-0.1, -0.05) is 49.1 Å². The molecule has 2 aromatic rings. The van der Waals surface area contributed by atoms with Gasteiger partial charge in [-0.15, -0.1) is 0 Å². The van der Waals surface area contributed by atoms with Gasteiger partial charge in [0.05, 0.1) is 17.7 Å². The van der Waals surface area contributed by atoms with E-state index in [9.17, 15) is 4.79 Å². The van der Waals surface area contributed by atoms with Crippen molar-refractivity contribution >= 4 is 5.91 Å². The van der Waals surface area contributed by atoms with Gasteiger partial charge in [-0.2, -0.15) is 0 Å². The third-order valence-electron chi connectivity index (χ3n) is 5.19. The Kier molecular flexibility index (Phi) is 4.74. The Bertz CT molecular complexity index is 707. The van der Waals surface area contributed by atoms with Crippen LogP contribution in [0, 0.1) is 20.8 Å². The Morgan fingerprint density at radius 1 is 1.21 bits per heavy atom. The maximum absolute atomic E-state index is 13.1. The third kappa shape index (κ3) is 3.23. The highest BCUT2D eigenvalue weighted by molar-refractivity contribution is 5.88. The minimum Gasteiger partial charge on any atom is -0.444 e. The van der Waals surface area contributed by atoms with E-state index in [1.807, 2.05) is 13.8 Å². The number of rotatable bonds is 4. The fraction of sp³-hybridized carbons (Fsp3) is 0.500. The van der Waals surface area contributed by atoms with Gasteiger partial charge in [0.25, 0.3) is 0 Å². The molecule has 1 fully saturated rings. The largest absolute Gasteiger partial charge is 0.444 e. The molecule has 1 saturated carbocycles. The highest BCUT2D eigenvalue weighted by atomic mass is 16.4. The first kappa shape index (κ1) is 16.7. The Labute approximate surface area is 143 Å². The second-order valence-corrected chi connectivity index (χ2v) is 6.94. The number of nitrogens with one attached hydrogen (secondary N) is 1. The smallest absolute Gasteiger partial charge is 0.231 e. The van der Waals surface area contributed by atoms with Crippen molar-refractivity contribution in [3.8, 4) is 0 Å². The number of hydrogen-bond acceptors (Lipinski definition) is 3. The number of carbonyl (C=O) groups is 1. The van der Waals surface area contributed by atoms with E-state index in [4.69, 9.17) is 4.42 Å². The van der Waals surface area contributed by atoms with Crippen molar-refractivity contribution < 1.29 is 9.21 Å². The molecule has 0 spiro atoms. The lowest BCUT2D eigenvalue weighted by atomic mass is 9.68. The topological polar surface area (TPSA) is 55.1 Å². The van der Waals surface area contributed by atoms with E-state index in [2.05, 4.69) is 41.5 Å². The maximum atomic E-state index is 13.1. The zero-order valence-corrected chi connectivity index (χ0v) is 14.8. The molecule has 4 nitrogen and oxygen atoms in total. The molecule has 1 aliphatic carbocycles. The van der Waals surface area contributed by atoms with Crippen LogP contribution in [0.5, 0.6) is 0 Å². The molecule has 3 rings (SSSR count). The predicted molar refractivity (Wildman–Crippen MR) is 93.8 cm³/mol. The lowest BCUT2D eigenvalue weighted by molar-refractivity contribution is -0.128. The van der Waals surface area contributed by atoms with Crippen molar-refractivity contribution in [3.63, 3.8) is 0 Å². The lowest BCUT2D eigenvalue weighted by Crippen LogP contribution is -2.45. The van der Waals surface area contributed by atoms with Crippen LogP contribution < -0.4 is 5.32 Å². The average Bonchev–Trinajstić information content (AvgIpc) is 2.91. The molecule has 128 valence electrons. The van der Waals surface area contributed by atoms with E-state index >= 15 is 0 Å². The van der Waals surface area contributed by atoms with E-state index in [1.54, 1.807) is 0 Å². The summed E-state index contributed by atoms with van der Waals surface area (Å²) in [6.07, 6.45) is 5.22. The molecule has 0 bridgehead atoms. The molecule has 1 aliphatic rings. The Balaban J connectivity index is 1.81. The molecule has 0 atom stereocenters. The van der Waals surface area contributed by atoms with Crippen LogP contribution in [0.4, 0.5) is 0 Å². The van der Waals surface area contributed by atoms with Gasteiger partial charge in [-0.05, 0) is 39.2 Å². The van der Waals surface area contributed by atoms with Crippen molar-refractivity contribution in [2.45, 2.75) is 64.8 Å². The minimum absolute atomic E-state index is 0.0984. The molecule has 1 aromatic carbocycles. The zero-order chi connectivity index (χ0) is 17.2. The van der Waals surface area contributed by atoms with Gasteiger partial charge >= 0.3 is 0 Å². The molecule has 1 N–H and O–H groups in total. The molecule has 1 amide bonds. The van der Waals surface area contributed by atoms with E-state index in [0.717, 1.165) is 42.7 Å². The van der Waals surface area contributed by atoms with Gasteiger partial charge in [0.15, 0.2) is 0 Å². The molecular formula is C20H26N2O2. The molecular weight excluding hydrogens is 300 g/mol. The monoisotopic (exact) mass is 326 g/mol. The Morgan fingerprint density at radius 2 is 1.96 bits per heavy atom. The average molecular weight is 326 g/mol. The van der Waals surface area contributed by atoms with Gasteiger partial charge in [0.1, 0.15) is 5.76 Å². The summed E-state index contributed by atoms with van der Waals surface area (Å²) >= 11 is 0. The number of nitrogens with zero attached hydrogens (tertiary/aromatic N) is 1. The van der Waals surface area contributed by atoms with Crippen LogP contribution >= 0.6 is 0 Å². The highest BCUT2D eigenvalue weighted by Gasteiger charge is 2.41. The number of aryl methyl sites for hydroxylation is 3. The molecule has 0 radical (unpaired) electrons. The molecule has 0 aliphatic heterocycles. The van der Waals surface area contributed by atoms with E-state index in [-0.39, 0.29) is 5.91 Å². The van der Waals surface area contributed by atoms with Gasteiger partial charge in [0.2, 0.25) is 11.8 Å². The zero-order valence-electron chi connectivity index (χ0n) is 14.8. The lowest BCUT2D eigenvalue weighted by Gasteiger charge is -2.36. The van der Waals surface area contributed by atoms with Crippen LogP contribution in [-0.2, 0) is 16.8 Å². The van der Waals surface area contributed by atoms with E-state index in [0.29, 0.717) is 12.4 Å². The van der Waals surface area contributed by atoms with Gasteiger partial charge in [-0.25, -0.2) is 4.98 Å². The van der Waals surface area contributed by atoms with Gasteiger partial charge in [0, 0.05) is 0 Å². The van der Waals surface area contributed by atoms with Crippen LogP contribution in [0.15, 0.2) is 28.7 Å². The van der Waals surface area contributed by atoms with Gasteiger partial charge in [-0.3, -0.25) is 4.79 Å². The normalized spacial score (nSPS) is 16.8. The van der Waals surface area contributed by atoms with Crippen LogP contribution in [-0.4, -0.2) is 10.9 Å². The second-order valence-electron chi connectivity index (χ2n) is 6.94. The van der Waals surface area contributed by atoms with Crippen LogP contribution in [0.2, 0.25) is 0 Å². The maximum Gasteiger partial charge on any atom is 0.231 e. The summed E-state index contributed by atoms with van der Waals surface area (Å²) in [4.78, 5) is 17.5. The van der Waals surface area contributed by atoms with Crippen molar-refractivity contribution in [1.82, 2.24) is 10.3 Å². The van der Waals surface area contributed by atoms with Crippen LogP contribution in [0.3, 0.4) is 0 Å². The van der Waals surface area contributed by atoms with E-state index < -0.39 is 5.41 Å². The molecule has 1 heterocycles. The predicted octanol–water partition coefficient (Wildman–Crippen LogP) is 4.12. The Hall–Kier alpha value is -2.10. The molecule has 0 unspecified atom stereocenters. The molecule has 0 saturated heterocycles. The van der Waals surface area contributed by atoms with Crippen LogP contribution in [0.25, 0.3) is 0 Å². The first-order chi connectivity index (χ1) is 11.5. The summed E-state index contributed by atoms with van der Waals surface area (Å²) in [5, 5.41) is 3.07. The number of benzene rings is 1. The summed E-state index contributed by atoms with van der Waals surface area (Å²) < 4.78 is 5.58. The van der Waals surface area contributed by atoms with Crippen molar-refractivity contribution in [3.05, 3.63) is 52.7 Å². The first-order valence-electron chi connectivity index (χ1n) is 8.80. The van der Waals surface area contributed by atoms with Crippen molar-refractivity contribution in [1.29, 1.82) is 0 Å². The summed E-state index contributed by atoms with van der Waals surface area (Å²) in [6, 6.07) is 8.38. The Morgan fingerprint density at radius 3 is 2.58 bits per heavy atom. The quantitative estimate of drug-likeness (QED) is 0.919. The first-order valence-corrected chi connectivity index (χ1v) is 8.80. The molecule has 24 heavy (non-hydrogen) atoms. The number of hydrogen-bond donors (Lipinski definition) is 1. The van der Waals surface area contributed by atoms with E-state index in [1.165, 1.54) is 12.0 Å². The van der Waals surface area contributed by atoms with Crippen molar-refractivity contribution in [2.24, 2.45) is 0 Å². The summed E-state index contributed by atoms with van der Waals surface area (Å²) in [5.41, 5.74) is 2.80. The SMILES string of the molecule is Cc1cccc(C2(C(=O)NCc3nc(C)c(C)o3)CCCCC2)c1. The number of aromatic nitrogens is 1. The third-order valence-corrected chi connectivity index (χ3v) is 5.19. The fourth-order valence-electron chi connectivity index (χ4n) is 3.68. The molecule has 4 heteroatoms. The second kappa shape index (κ2) is 6.80.